The lowest BCUT2D eigenvalue weighted by Gasteiger charge is -2.44. The minimum absolute atomic E-state index is 0.0275. The highest BCUT2D eigenvalue weighted by Gasteiger charge is 2.44. The highest BCUT2D eigenvalue weighted by Crippen LogP contribution is 2.47. The molecule has 2 aliphatic rings. The van der Waals surface area contributed by atoms with Crippen LogP contribution in [0.3, 0.4) is 0 Å². The van der Waals surface area contributed by atoms with E-state index in [1.807, 2.05) is 0 Å². The van der Waals surface area contributed by atoms with Crippen LogP contribution in [-0.2, 0) is 0 Å². The fraction of sp³-hybridized carbons (Fsp3) is 0. The molecule has 3 nitrogen and oxygen atoms in total. The van der Waals surface area contributed by atoms with E-state index in [9.17, 15) is 0 Å². The Kier molecular flexibility index (Phi) is 7.33. The van der Waals surface area contributed by atoms with E-state index in [-0.39, 0.29) is 6.71 Å². The summed E-state index contributed by atoms with van der Waals surface area (Å²) in [7, 11) is 0. The van der Waals surface area contributed by atoms with Crippen LogP contribution in [0.1, 0.15) is 0 Å². The van der Waals surface area contributed by atoms with Crippen molar-refractivity contribution >= 4 is 79.0 Å². The fourth-order valence-electron chi connectivity index (χ4n) is 9.70. The zero-order valence-corrected chi connectivity index (χ0v) is 31.7. The number of hydrogen-bond acceptors (Lipinski definition) is 2. The number of rotatable bonds is 5. The van der Waals surface area contributed by atoms with Crippen molar-refractivity contribution in [3.05, 3.63) is 218 Å². The number of para-hydroxylation sites is 4. The lowest BCUT2D eigenvalue weighted by Crippen LogP contribution is -2.61. The Morgan fingerprint density at radius 1 is 0.310 bits per heavy atom. The summed E-state index contributed by atoms with van der Waals surface area (Å²) in [6.07, 6.45) is 0. The van der Waals surface area contributed by atoms with Crippen molar-refractivity contribution in [1.29, 1.82) is 0 Å². The number of nitrogens with zero attached hydrogens (tertiary/aromatic N) is 3. The van der Waals surface area contributed by atoms with Gasteiger partial charge in [-0.05, 0) is 111 Å². The van der Waals surface area contributed by atoms with Crippen molar-refractivity contribution in [2.45, 2.75) is 0 Å². The van der Waals surface area contributed by atoms with Gasteiger partial charge in [0.15, 0.2) is 0 Å². The summed E-state index contributed by atoms with van der Waals surface area (Å²) >= 11 is 0. The van der Waals surface area contributed by atoms with Gasteiger partial charge in [-0.15, -0.1) is 0 Å². The van der Waals surface area contributed by atoms with E-state index in [1.54, 1.807) is 0 Å². The van der Waals surface area contributed by atoms with Gasteiger partial charge in [0.05, 0.1) is 22.4 Å². The van der Waals surface area contributed by atoms with Crippen LogP contribution in [0.4, 0.5) is 34.1 Å². The molecule has 0 unspecified atom stereocenters. The highest BCUT2D eigenvalue weighted by molar-refractivity contribution is 7.00. The van der Waals surface area contributed by atoms with E-state index >= 15 is 0 Å². The van der Waals surface area contributed by atoms with Gasteiger partial charge < -0.3 is 14.4 Å². The standard InChI is InChI=1S/C54H36BN3/c1-5-17-37(18-6-1)39-31-33-47-43(35-39)44-36-40(38-19-7-2-8-20-38)32-34-48(44)58(47)52-30-15-26-46-54(52)57(42-23-11-4-12-24-42)51-29-16-28-50-53(51)55(46)45-25-13-14-27-49(45)56(50)41-21-9-3-10-22-41/h1-36H. The molecule has 0 bridgehead atoms. The summed E-state index contributed by atoms with van der Waals surface area (Å²) in [4.78, 5) is 4.97. The largest absolute Gasteiger partial charge is 0.311 e. The molecule has 0 radical (unpaired) electrons. The molecule has 0 saturated carbocycles. The Morgan fingerprint density at radius 2 is 0.759 bits per heavy atom. The summed E-state index contributed by atoms with van der Waals surface area (Å²) in [5.74, 6) is 0. The van der Waals surface area contributed by atoms with E-state index in [0.717, 1.165) is 17.1 Å². The van der Waals surface area contributed by atoms with Crippen molar-refractivity contribution < 1.29 is 0 Å². The summed E-state index contributed by atoms with van der Waals surface area (Å²) in [5, 5.41) is 2.47. The molecule has 0 spiro atoms. The fourth-order valence-corrected chi connectivity index (χ4v) is 9.70. The molecule has 0 fully saturated rings. The minimum atomic E-state index is 0.0275. The smallest absolute Gasteiger partial charge is 0.252 e. The second-order valence-electron chi connectivity index (χ2n) is 15.3. The summed E-state index contributed by atoms with van der Waals surface area (Å²) in [6.45, 7) is 0.0275. The molecule has 4 heteroatoms. The number of benzene rings is 9. The molecule has 0 saturated heterocycles. The summed E-state index contributed by atoms with van der Waals surface area (Å²) in [6, 6.07) is 80.0. The first-order chi connectivity index (χ1) is 28.8. The molecule has 1 aromatic heterocycles. The van der Waals surface area contributed by atoms with Gasteiger partial charge in [0.2, 0.25) is 0 Å². The lowest BCUT2D eigenvalue weighted by atomic mass is 9.33. The SMILES string of the molecule is c1ccc(-c2ccc3c(c2)c2cc(-c4ccccc4)ccc2n3-c2cccc3c2N(c2ccccc2)c2cccc4c2B3c2ccccc2N4c2ccccc2)cc1. The molecule has 0 aliphatic carbocycles. The Bertz CT molecular complexity index is 3080. The maximum absolute atomic E-state index is 2.52. The van der Waals surface area contributed by atoms with Crippen LogP contribution in [0, 0.1) is 0 Å². The predicted octanol–water partition coefficient (Wildman–Crippen LogP) is 12.2. The molecule has 3 heterocycles. The molecule has 2 aliphatic heterocycles. The topological polar surface area (TPSA) is 11.4 Å². The molecule has 0 amide bonds. The van der Waals surface area contributed by atoms with Crippen molar-refractivity contribution in [3.8, 4) is 27.9 Å². The van der Waals surface area contributed by atoms with Crippen LogP contribution in [0.15, 0.2) is 218 Å². The number of anilines is 6. The molecule has 270 valence electrons. The van der Waals surface area contributed by atoms with Gasteiger partial charge in [-0.1, -0.05) is 146 Å². The zero-order valence-electron chi connectivity index (χ0n) is 31.7. The second-order valence-corrected chi connectivity index (χ2v) is 15.3. The van der Waals surface area contributed by atoms with Crippen molar-refractivity contribution in [2.24, 2.45) is 0 Å². The van der Waals surface area contributed by atoms with Gasteiger partial charge in [-0.25, -0.2) is 0 Å². The minimum Gasteiger partial charge on any atom is -0.311 e. The van der Waals surface area contributed by atoms with Gasteiger partial charge in [0.1, 0.15) is 0 Å². The van der Waals surface area contributed by atoms with E-state index in [2.05, 4.69) is 233 Å². The summed E-state index contributed by atoms with van der Waals surface area (Å²) < 4.78 is 2.52. The third-order valence-electron chi connectivity index (χ3n) is 12.1. The van der Waals surface area contributed by atoms with E-state index in [4.69, 9.17) is 0 Å². The van der Waals surface area contributed by atoms with E-state index in [0.29, 0.717) is 0 Å². The number of aromatic nitrogens is 1. The number of hydrogen-bond donors (Lipinski definition) is 0. The highest BCUT2D eigenvalue weighted by atomic mass is 15.2. The second kappa shape index (κ2) is 13.0. The van der Waals surface area contributed by atoms with E-state index < -0.39 is 0 Å². The maximum atomic E-state index is 2.52. The third kappa shape index (κ3) is 4.88. The first-order valence-corrected chi connectivity index (χ1v) is 20.1. The van der Waals surface area contributed by atoms with Crippen LogP contribution in [0.2, 0.25) is 0 Å². The quantitative estimate of drug-likeness (QED) is 0.163. The van der Waals surface area contributed by atoms with Gasteiger partial charge >= 0.3 is 0 Å². The molecule has 12 rings (SSSR count). The maximum Gasteiger partial charge on any atom is 0.252 e. The van der Waals surface area contributed by atoms with Crippen LogP contribution in [0.25, 0.3) is 49.7 Å². The zero-order chi connectivity index (χ0) is 38.2. The van der Waals surface area contributed by atoms with Crippen LogP contribution < -0.4 is 26.2 Å². The van der Waals surface area contributed by atoms with Gasteiger partial charge in [0.25, 0.3) is 6.71 Å². The average molecular weight is 738 g/mol. The van der Waals surface area contributed by atoms with Crippen molar-refractivity contribution in [1.82, 2.24) is 4.57 Å². The Balaban J connectivity index is 1.17. The Hall–Kier alpha value is -7.56. The predicted molar refractivity (Wildman–Crippen MR) is 246 cm³/mol. The molecule has 10 aromatic rings. The first kappa shape index (κ1) is 32.7. The monoisotopic (exact) mass is 737 g/mol. The normalized spacial score (nSPS) is 12.7. The molecule has 0 atom stereocenters. The van der Waals surface area contributed by atoms with Gasteiger partial charge in [-0.3, -0.25) is 0 Å². The third-order valence-corrected chi connectivity index (χ3v) is 12.1. The van der Waals surface area contributed by atoms with Crippen LogP contribution >= 0.6 is 0 Å². The number of fused-ring (bicyclic) bond motifs is 7. The summed E-state index contributed by atoms with van der Waals surface area (Å²) in [5.41, 5.74) is 19.4. The molecule has 9 aromatic carbocycles. The molecular weight excluding hydrogens is 701 g/mol. The van der Waals surface area contributed by atoms with Gasteiger partial charge in [0, 0.05) is 39.2 Å². The van der Waals surface area contributed by atoms with Crippen molar-refractivity contribution in [3.63, 3.8) is 0 Å². The Labute approximate surface area is 338 Å². The van der Waals surface area contributed by atoms with Crippen LogP contribution in [-0.4, -0.2) is 11.3 Å². The first-order valence-electron chi connectivity index (χ1n) is 20.1. The average Bonchev–Trinajstić information content (AvgIpc) is 3.62. The van der Waals surface area contributed by atoms with Gasteiger partial charge in [-0.2, -0.15) is 0 Å². The molecule has 0 N–H and O–H groups in total. The Morgan fingerprint density at radius 3 is 1.36 bits per heavy atom. The van der Waals surface area contributed by atoms with E-state index in [1.165, 1.54) is 83.2 Å². The molecular formula is C54H36BN3. The van der Waals surface area contributed by atoms with Crippen LogP contribution in [0.5, 0.6) is 0 Å². The molecule has 58 heavy (non-hydrogen) atoms. The van der Waals surface area contributed by atoms with Crippen molar-refractivity contribution in [2.75, 3.05) is 9.80 Å². The lowest BCUT2D eigenvalue weighted by molar-refractivity contribution is 1.15.